The molecule has 0 saturated heterocycles. The van der Waals surface area contributed by atoms with Gasteiger partial charge in [-0.05, 0) is 43.3 Å². The number of ether oxygens (including phenoxy) is 1. The minimum absolute atomic E-state index is 0.347. The van der Waals surface area contributed by atoms with Crippen LogP contribution in [0.5, 0.6) is 5.75 Å². The Kier molecular flexibility index (Phi) is 5.81. The van der Waals surface area contributed by atoms with Crippen LogP contribution in [0.4, 0.5) is 0 Å². The zero-order valence-electron chi connectivity index (χ0n) is 14.0. The van der Waals surface area contributed by atoms with Crippen LogP contribution in [-0.4, -0.2) is 17.1 Å². The largest absolute Gasteiger partial charge is 0.494 e. The van der Waals surface area contributed by atoms with E-state index in [1.54, 1.807) is 24.3 Å². The first-order valence-electron chi connectivity index (χ1n) is 7.94. The van der Waals surface area contributed by atoms with Crippen molar-refractivity contribution in [1.29, 1.82) is 0 Å². The van der Waals surface area contributed by atoms with Crippen molar-refractivity contribution in [2.75, 3.05) is 6.61 Å². The van der Waals surface area contributed by atoms with Gasteiger partial charge in [0.15, 0.2) is 4.80 Å². The second kappa shape index (κ2) is 8.08. The van der Waals surface area contributed by atoms with Crippen molar-refractivity contribution in [3.63, 3.8) is 0 Å². The summed E-state index contributed by atoms with van der Waals surface area (Å²) in [6.45, 7) is 6.86. The van der Waals surface area contributed by atoms with Gasteiger partial charge in [0.1, 0.15) is 5.75 Å². The Hall–Kier alpha value is -2.08. The van der Waals surface area contributed by atoms with Gasteiger partial charge in [0.25, 0.3) is 5.91 Å². The van der Waals surface area contributed by atoms with Crippen LogP contribution in [0.2, 0.25) is 10.0 Å². The van der Waals surface area contributed by atoms with Gasteiger partial charge in [-0.3, -0.25) is 4.79 Å². The Morgan fingerprint density at radius 2 is 2.00 bits per heavy atom. The Labute approximate surface area is 165 Å². The van der Waals surface area contributed by atoms with Gasteiger partial charge in [-0.15, -0.1) is 6.58 Å². The number of hydrogen-bond acceptors (Lipinski definition) is 3. The van der Waals surface area contributed by atoms with E-state index in [2.05, 4.69) is 11.6 Å². The molecule has 0 N–H and O–H groups in total. The van der Waals surface area contributed by atoms with Crippen LogP contribution in [0.25, 0.3) is 10.2 Å². The highest BCUT2D eigenvalue weighted by Crippen LogP contribution is 2.24. The molecule has 0 unspecified atom stereocenters. The predicted molar refractivity (Wildman–Crippen MR) is 108 cm³/mol. The topological polar surface area (TPSA) is 43.6 Å². The Bertz CT molecular complexity index is 1030. The fraction of sp³-hybridized carbons (Fsp3) is 0.158. The Morgan fingerprint density at radius 3 is 2.65 bits per heavy atom. The Balaban J connectivity index is 2.12. The lowest BCUT2D eigenvalue weighted by Gasteiger charge is -2.04. The number of hydrogen-bond donors (Lipinski definition) is 0. The lowest BCUT2D eigenvalue weighted by Crippen LogP contribution is -2.16. The molecule has 1 amide bonds. The number of fused-ring (bicyclic) bond motifs is 1. The van der Waals surface area contributed by atoms with Gasteiger partial charge >= 0.3 is 0 Å². The van der Waals surface area contributed by atoms with Gasteiger partial charge in [-0.1, -0.05) is 40.6 Å². The summed E-state index contributed by atoms with van der Waals surface area (Å²) >= 11 is 13.4. The molecule has 4 nitrogen and oxygen atoms in total. The predicted octanol–water partition coefficient (Wildman–Crippen LogP) is 5.34. The minimum atomic E-state index is -0.399. The van der Waals surface area contributed by atoms with Crippen molar-refractivity contribution in [3.8, 4) is 5.75 Å². The molecule has 0 saturated carbocycles. The van der Waals surface area contributed by atoms with Crippen LogP contribution in [0, 0.1) is 0 Å². The quantitative estimate of drug-likeness (QED) is 0.536. The highest BCUT2D eigenvalue weighted by atomic mass is 35.5. The maximum absolute atomic E-state index is 12.6. The molecule has 0 radical (unpaired) electrons. The van der Waals surface area contributed by atoms with Gasteiger partial charge < -0.3 is 9.30 Å². The maximum atomic E-state index is 12.6. The van der Waals surface area contributed by atoms with Gasteiger partial charge in [0.2, 0.25) is 0 Å². The van der Waals surface area contributed by atoms with Crippen LogP contribution < -0.4 is 9.54 Å². The summed E-state index contributed by atoms with van der Waals surface area (Å²) in [4.78, 5) is 17.4. The van der Waals surface area contributed by atoms with E-state index in [9.17, 15) is 4.79 Å². The van der Waals surface area contributed by atoms with E-state index >= 15 is 0 Å². The number of thiazole rings is 1. The van der Waals surface area contributed by atoms with Crippen LogP contribution in [0.1, 0.15) is 17.3 Å². The molecule has 0 bridgehead atoms. The highest BCUT2D eigenvalue weighted by Gasteiger charge is 2.11. The number of aromatic nitrogens is 1. The molecule has 0 aliphatic heterocycles. The van der Waals surface area contributed by atoms with Gasteiger partial charge in [-0.25, -0.2) is 0 Å². The number of nitrogens with zero attached hydrogens (tertiary/aromatic N) is 2. The molecular weight excluding hydrogens is 391 g/mol. The summed E-state index contributed by atoms with van der Waals surface area (Å²) in [7, 11) is 0. The van der Waals surface area contributed by atoms with E-state index in [4.69, 9.17) is 27.9 Å². The highest BCUT2D eigenvalue weighted by molar-refractivity contribution is 7.16. The van der Waals surface area contributed by atoms with Crippen molar-refractivity contribution in [2.45, 2.75) is 13.5 Å². The summed E-state index contributed by atoms with van der Waals surface area (Å²) in [5, 5.41) is 0.792. The second-order valence-corrected chi connectivity index (χ2v) is 7.30. The molecule has 0 aliphatic carbocycles. The zero-order valence-corrected chi connectivity index (χ0v) is 16.4. The first-order valence-corrected chi connectivity index (χ1v) is 9.51. The fourth-order valence-corrected chi connectivity index (χ4v) is 4.12. The smallest absolute Gasteiger partial charge is 0.279 e. The van der Waals surface area contributed by atoms with Crippen molar-refractivity contribution in [2.24, 2.45) is 4.99 Å². The number of benzene rings is 2. The fourth-order valence-electron chi connectivity index (χ4n) is 2.53. The van der Waals surface area contributed by atoms with Crippen LogP contribution in [0.15, 0.2) is 54.0 Å². The van der Waals surface area contributed by atoms with Gasteiger partial charge in [-0.2, -0.15) is 4.99 Å². The number of allylic oxidation sites excluding steroid dienone is 1. The zero-order chi connectivity index (χ0) is 18.7. The molecular formula is C19H16Cl2N2O2S. The van der Waals surface area contributed by atoms with Crippen molar-refractivity contribution < 1.29 is 9.53 Å². The third-order valence-corrected chi connectivity index (χ3v) is 5.06. The Morgan fingerprint density at radius 1 is 1.27 bits per heavy atom. The molecule has 134 valence electrons. The number of halogens is 2. The van der Waals surface area contributed by atoms with Crippen LogP contribution in [0.3, 0.4) is 0 Å². The monoisotopic (exact) mass is 406 g/mol. The van der Waals surface area contributed by atoms with E-state index in [-0.39, 0.29) is 0 Å². The number of carbonyl (C=O) groups excluding carboxylic acids is 1. The molecule has 3 rings (SSSR count). The summed E-state index contributed by atoms with van der Waals surface area (Å²) in [6.07, 6.45) is 1.77. The average molecular weight is 407 g/mol. The van der Waals surface area contributed by atoms with Crippen molar-refractivity contribution in [3.05, 3.63) is 69.5 Å². The molecule has 0 atom stereocenters. The molecule has 1 aromatic heterocycles. The third kappa shape index (κ3) is 4.01. The van der Waals surface area contributed by atoms with E-state index in [1.165, 1.54) is 11.3 Å². The maximum Gasteiger partial charge on any atom is 0.279 e. The number of rotatable bonds is 5. The van der Waals surface area contributed by atoms with E-state index in [0.29, 0.717) is 33.6 Å². The van der Waals surface area contributed by atoms with E-state index < -0.39 is 5.91 Å². The minimum Gasteiger partial charge on any atom is -0.494 e. The summed E-state index contributed by atoms with van der Waals surface area (Å²) in [6, 6.07) is 10.5. The molecule has 2 aromatic carbocycles. The molecule has 0 aliphatic rings. The van der Waals surface area contributed by atoms with Crippen LogP contribution >= 0.6 is 34.5 Å². The lowest BCUT2D eigenvalue weighted by atomic mass is 10.2. The normalized spacial score (nSPS) is 11.7. The standard InChI is InChI=1S/C19H16Cl2N2O2S/c1-3-7-23-16-6-5-15(25-4-2)11-17(16)26-19(23)22-18(24)12-8-13(20)10-14(21)9-12/h3,5-6,8-11H,1,4,7H2,2H3. The second-order valence-electron chi connectivity index (χ2n) is 5.42. The summed E-state index contributed by atoms with van der Waals surface area (Å²) in [5.74, 6) is 0.385. The molecule has 0 fully saturated rings. The van der Waals surface area contributed by atoms with Gasteiger partial charge in [0.05, 0.1) is 16.8 Å². The summed E-state index contributed by atoms with van der Waals surface area (Å²) < 4.78 is 8.47. The average Bonchev–Trinajstić information content (AvgIpc) is 2.91. The molecule has 0 spiro atoms. The molecule has 26 heavy (non-hydrogen) atoms. The lowest BCUT2D eigenvalue weighted by molar-refractivity contribution is 0.0998. The van der Waals surface area contributed by atoms with Crippen LogP contribution in [-0.2, 0) is 6.54 Å². The van der Waals surface area contributed by atoms with Crippen molar-refractivity contribution >= 4 is 50.7 Å². The molecule has 1 heterocycles. The van der Waals surface area contributed by atoms with E-state index in [0.717, 1.165) is 16.0 Å². The molecule has 3 aromatic rings. The SMILES string of the molecule is C=CCn1c(=NC(=O)c2cc(Cl)cc(Cl)c2)sc2cc(OCC)ccc21. The first kappa shape index (κ1) is 18.7. The molecule has 7 heteroatoms. The number of carbonyl (C=O) groups is 1. The van der Waals surface area contributed by atoms with E-state index in [1.807, 2.05) is 29.7 Å². The third-order valence-electron chi connectivity index (χ3n) is 3.58. The first-order chi connectivity index (χ1) is 12.5. The summed E-state index contributed by atoms with van der Waals surface area (Å²) in [5.41, 5.74) is 1.31. The number of amides is 1. The van der Waals surface area contributed by atoms with Crippen molar-refractivity contribution in [1.82, 2.24) is 4.57 Å². The van der Waals surface area contributed by atoms with Gasteiger partial charge in [0, 0.05) is 22.2 Å².